The van der Waals surface area contributed by atoms with Gasteiger partial charge in [-0.1, -0.05) is 17.7 Å². The van der Waals surface area contributed by atoms with E-state index in [0.29, 0.717) is 16.8 Å². The number of esters is 1. The zero-order valence-corrected chi connectivity index (χ0v) is 19.9. The topological polar surface area (TPSA) is 78.0 Å². The van der Waals surface area contributed by atoms with Gasteiger partial charge in [0.2, 0.25) is 0 Å². The second-order valence-electron chi connectivity index (χ2n) is 8.57. The summed E-state index contributed by atoms with van der Waals surface area (Å²) in [7, 11) is 1.49. The van der Waals surface area contributed by atoms with Crippen LogP contribution in [0.15, 0.2) is 36.2 Å². The summed E-state index contributed by atoms with van der Waals surface area (Å²) in [6, 6.07) is 7.33. The molecule has 1 unspecified atom stereocenters. The third-order valence-electron chi connectivity index (χ3n) is 5.62. The zero-order valence-electron chi connectivity index (χ0n) is 19.9. The highest BCUT2D eigenvalue weighted by Crippen LogP contribution is 2.43. The van der Waals surface area contributed by atoms with Crippen molar-refractivity contribution < 1.29 is 23.9 Å². The smallest absolute Gasteiger partial charge is 0.345 e. The van der Waals surface area contributed by atoms with Crippen LogP contribution in [0.5, 0.6) is 0 Å². The second-order valence-corrected chi connectivity index (χ2v) is 8.57. The van der Waals surface area contributed by atoms with Crippen LogP contribution in [0.2, 0.25) is 0 Å². The number of nitrogens with zero attached hydrogens (tertiary/aromatic N) is 2. The van der Waals surface area contributed by atoms with Crippen molar-refractivity contribution in [2.45, 2.75) is 60.3 Å². The summed E-state index contributed by atoms with van der Waals surface area (Å²) in [6.07, 6.45) is 0.941. The number of hydrogen-bond donors (Lipinski definition) is 0. The molecule has 170 valence electrons. The Morgan fingerprint density at radius 2 is 1.75 bits per heavy atom. The molecule has 0 radical (unpaired) electrons. The summed E-state index contributed by atoms with van der Waals surface area (Å²) < 4.78 is 11.1. The van der Waals surface area contributed by atoms with Gasteiger partial charge >= 0.3 is 5.97 Å². The van der Waals surface area contributed by atoms with Crippen molar-refractivity contribution in [2.24, 2.45) is 0 Å². The van der Waals surface area contributed by atoms with Crippen LogP contribution in [-0.2, 0) is 19.1 Å². The lowest BCUT2D eigenvalue weighted by molar-refractivity contribution is -0.276. The van der Waals surface area contributed by atoms with Gasteiger partial charge in [-0.05, 0) is 77.3 Å². The highest BCUT2D eigenvalue weighted by atomic mass is 16.8. The molecule has 0 N–H and O–H groups in total. The molecule has 0 saturated heterocycles. The molecule has 2 heterocycles. The van der Waals surface area contributed by atoms with E-state index in [1.807, 2.05) is 32.9 Å². The minimum Gasteiger partial charge on any atom is -0.424 e. The first kappa shape index (κ1) is 23.6. The van der Waals surface area contributed by atoms with E-state index in [2.05, 4.69) is 4.98 Å². The molecule has 0 bridgehead atoms. The van der Waals surface area contributed by atoms with Gasteiger partial charge in [0, 0.05) is 13.3 Å². The Kier molecular flexibility index (Phi) is 6.53. The molecule has 32 heavy (non-hydrogen) atoms. The Morgan fingerprint density at radius 3 is 2.31 bits per heavy atom. The van der Waals surface area contributed by atoms with Crippen molar-refractivity contribution in [3.63, 3.8) is 0 Å². The van der Waals surface area contributed by atoms with Crippen LogP contribution in [0.1, 0.15) is 59.1 Å². The second kappa shape index (κ2) is 8.84. The number of methoxy groups -OCH3 is 1. The van der Waals surface area contributed by atoms with Gasteiger partial charge in [0.25, 0.3) is 5.91 Å². The summed E-state index contributed by atoms with van der Waals surface area (Å²) in [4.78, 5) is 36.7. The van der Waals surface area contributed by atoms with Crippen molar-refractivity contribution in [2.75, 3.05) is 7.11 Å². The molecular weight excluding hydrogens is 408 g/mol. The Hall–Kier alpha value is -3.03. The van der Waals surface area contributed by atoms with Gasteiger partial charge in [-0.2, -0.15) is 0 Å². The van der Waals surface area contributed by atoms with Gasteiger partial charge in [-0.15, -0.1) is 0 Å². The Morgan fingerprint density at radius 1 is 1.12 bits per heavy atom. The van der Waals surface area contributed by atoms with Crippen LogP contribution in [0.3, 0.4) is 0 Å². The molecule has 0 spiro atoms. The van der Waals surface area contributed by atoms with Gasteiger partial charge in [-0.3, -0.25) is 9.78 Å². The predicted octanol–water partition coefficient (Wildman–Crippen LogP) is 4.43. The molecule has 2 aromatic rings. The summed E-state index contributed by atoms with van der Waals surface area (Å²) in [6.45, 7) is 12.9. The van der Waals surface area contributed by atoms with Crippen molar-refractivity contribution in [1.82, 2.24) is 10.0 Å². The van der Waals surface area contributed by atoms with Crippen LogP contribution in [-0.4, -0.2) is 40.9 Å². The number of hydroxylamine groups is 2. The average molecular weight is 439 g/mol. The molecular formula is C25H30N2O5. The van der Waals surface area contributed by atoms with Crippen molar-refractivity contribution in [3.8, 4) is 0 Å². The summed E-state index contributed by atoms with van der Waals surface area (Å²) >= 11 is 0. The molecule has 7 heteroatoms. The van der Waals surface area contributed by atoms with Crippen LogP contribution in [0.25, 0.3) is 5.57 Å². The number of ether oxygens (including phenoxy) is 2. The SMILES string of the molecule is COC(C)ON1C(=O)C(c2c(C)cc(C)cc2C)=C(OC(=O)c2cccnc2C)C1(C)C. The molecule has 0 fully saturated rings. The van der Waals surface area contributed by atoms with Crippen LogP contribution in [0, 0.1) is 27.7 Å². The lowest BCUT2D eigenvalue weighted by Crippen LogP contribution is -2.46. The normalized spacial score (nSPS) is 16.5. The van der Waals surface area contributed by atoms with E-state index in [1.165, 1.54) is 12.2 Å². The number of benzene rings is 1. The highest BCUT2D eigenvalue weighted by molar-refractivity contribution is 6.23. The molecule has 1 aliphatic rings. The number of aromatic nitrogens is 1. The number of rotatable bonds is 6. The van der Waals surface area contributed by atoms with Crippen LogP contribution in [0.4, 0.5) is 0 Å². The first-order valence-electron chi connectivity index (χ1n) is 10.5. The van der Waals surface area contributed by atoms with E-state index in [4.69, 9.17) is 14.3 Å². The fourth-order valence-electron chi connectivity index (χ4n) is 4.04. The maximum atomic E-state index is 13.6. The monoisotopic (exact) mass is 438 g/mol. The summed E-state index contributed by atoms with van der Waals surface area (Å²) in [5.74, 6) is -0.734. The maximum Gasteiger partial charge on any atom is 0.345 e. The van der Waals surface area contributed by atoms with Gasteiger partial charge in [-0.25, -0.2) is 14.7 Å². The number of carbonyl (C=O) groups excluding carboxylic acids is 2. The van der Waals surface area contributed by atoms with Gasteiger partial charge in [0.15, 0.2) is 6.29 Å². The number of carbonyl (C=O) groups is 2. The molecule has 1 aromatic carbocycles. The summed E-state index contributed by atoms with van der Waals surface area (Å²) in [5, 5.41) is 1.23. The zero-order chi connectivity index (χ0) is 23.8. The number of aryl methyl sites for hydroxylation is 4. The van der Waals surface area contributed by atoms with Gasteiger partial charge in [0.05, 0.1) is 16.8 Å². The first-order chi connectivity index (χ1) is 15.0. The molecule has 0 aliphatic carbocycles. The third-order valence-corrected chi connectivity index (χ3v) is 5.62. The average Bonchev–Trinajstić information content (AvgIpc) is 2.88. The summed E-state index contributed by atoms with van der Waals surface area (Å²) in [5.41, 5.74) is 3.77. The van der Waals surface area contributed by atoms with E-state index in [-0.39, 0.29) is 11.7 Å². The van der Waals surface area contributed by atoms with Crippen molar-refractivity contribution in [3.05, 3.63) is 69.7 Å². The van der Waals surface area contributed by atoms with Crippen molar-refractivity contribution >= 4 is 17.4 Å². The maximum absolute atomic E-state index is 13.6. The number of pyridine rings is 1. The van der Waals surface area contributed by atoms with E-state index >= 15 is 0 Å². The number of amides is 1. The van der Waals surface area contributed by atoms with E-state index in [1.54, 1.807) is 46.0 Å². The van der Waals surface area contributed by atoms with Crippen LogP contribution < -0.4 is 0 Å². The number of hydrogen-bond acceptors (Lipinski definition) is 6. The molecule has 7 nitrogen and oxygen atoms in total. The Labute approximate surface area is 188 Å². The van der Waals surface area contributed by atoms with Gasteiger partial charge in [0.1, 0.15) is 11.3 Å². The molecule has 1 amide bonds. The molecule has 0 saturated carbocycles. The predicted molar refractivity (Wildman–Crippen MR) is 120 cm³/mol. The highest BCUT2D eigenvalue weighted by Gasteiger charge is 2.51. The Bertz CT molecular complexity index is 1080. The third kappa shape index (κ3) is 4.18. The quantitative estimate of drug-likeness (QED) is 0.491. The molecule has 3 rings (SSSR count). The van der Waals surface area contributed by atoms with Crippen LogP contribution >= 0.6 is 0 Å². The Balaban J connectivity index is 2.19. The molecule has 1 aliphatic heterocycles. The van der Waals surface area contributed by atoms with E-state index < -0.39 is 17.8 Å². The first-order valence-corrected chi connectivity index (χ1v) is 10.5. The minimum absolute atomic E-state index is 0.231. The fourth-order valence-corrected chi connectivity index (χ4v) is 4.04. The largest absolute Gasteiger partial charge is 0.424 e. The fraction of sp³-hybridized carbons (Fsp3) is 0.400. The lowest BCUT2D eigenvalue weighted by atomic mass is 9.91. The van der Waals surface area contributed by atoms with E-state index in [0.717, 1.165) is 22.3 Å². The van der Waals surface area contributed by atoms with E-state index in [9.17, 15) is 9.59 Å². The molecule has 1 atom stereocenters. The molecule has 1 aromatic heterocycles. The minimum atomic E-state index is -1.06. The van der Waals surface area contributed by atoms with Gasteiger partial charge < -0.3 is 9.47 Å². The standard InChI is InChI=1S/C25H30N2O5/c1-14-12-15(2)20(16(3)13-14)21-22(31-24(29)19-10-9-11-26-17(19)4)25(6,7)27(23(21)28)32-18(5)30-8/h9-13,18H,1-8H3. The lowest BCUT2D eigenvalue weighted by Gasteiger charge is -2.33. The van der Waals surface area contributed by atoms with Crippen molar-refractivity contribution in [1.29, 1.82) is 0 Å².